The first-order valence-corrected chi connectivity index (χ1v) is 9.18. The van der Waals surface area contributed by atoms with Crippen molar-refractivity contribution in [1.82, 2.24) is 34.1 Å². The van der Waals surface area contributed by atoms with Crippen LogP contribution in [0.2, 0.25) is 0 Å². The molecule has 0 saturated heterocycles. The first-order valence-electron chi connectivity index (χ1n) is 8.39. The van der Waals surface area contributed by atoms with Crippen LogP contribution in [0.15, 0.2) is 52.1 Å². The van der Waals surface area contributed by atoms with Crippen molar-refractivity contribution in [2.24, 2.45) is 0 Å². The number of aryl methyl sites for hydroxylation is 1. The maximum Gasteiger partial charge on any atom is 0.267 e. The summed E-state index contributed by atoms with van der Waals surface area (Å²) in [6.07, 6.45) is 3.41. The molecular weight excluding hydrogens is 410 g/mol. The fourth-order valence-electron chi connectivity index (χ4n) is 3.31. The molecule has 0 fully saturated rings. The van der Waals surface area contributed by atoms with E-state index in [0.29, 0.717) is 12.4 Å². The molecule has 0 unspecified atom stereocenters. The number of hydrogen-bond donors (Lipinski definition) is 0. The number of fused-ring (bicyclic) bond motifs is 5. The molecule has 1 aromatic carbocycles. The lowest BCUT2D eigenvalue weighted by molar-refractivity contribution is 0.596. The van der Waals surface area contributed by atoms with Crippen LogP contribution >= 0.6 is 15.9 Å². The van der Waals surface area contributed by atoms with Gasteiger partial charge in [0, 0.05) is 22.3 Å². The summed E-state index contributed by atoms with van der Waals surface area (Å²) in [5.74, 6) is 1.30. The third-order valence-electron chi connectivity index (χ3n) is 4.63. The molecule has 0 atom stereocenters. The van der Waals surface area contributed by atoms with Gasteiger partial charge >= 0.3 is 0 Å². The number of hydrogen-bond acceptors (Lipinski definition) is 5. The van der Waals surface area contributed by atoms with Gasteiger partial charge < -0.3 is 4.57 Å². The Morgan fingerprint density at radius 2 is 2.15 bits per heavy atom. The van der Waals surface area contributed by atoms with Crippen molar-refractivity contribution in [3.05, 3.63) is 74.9 Å². The Hall–Kier alpha value is -3.07. The zero-order chi connectivity index (χ0) is 18.5. The molecule has 0 spiro atoms. The third kappa shape index (κ3) is 2.62. The van der Waals surface area contributed by atoms with Crippen molar-refractivity contribution >= 4 is 15.9 Å². The maximum absolute atomic E-state index is 12.0. The number of rotatable bonds is 2. The molecule has 9 heteroatoms. The van der Waals surface area contributed by atoms with Gasteiger partial charge in [-0.25, -0.2) is 19.3 Å². The van der Waals surface area contributed by atoms with Crippen LogP contribution in [0.3, 0.4) is 0 Å². The van der Waals surface area contributed by atoms with Gasteiger partial charge in [-0.3, -0.25) is 4.79 Å². The average Bonchev–Trinajstić information content (AvgIpc) is 3.18. The van der Waals surface area contributed by atoms with Gasteiger partial charge in [-0.2, -0.15) is 10.2 Å². The predicted octanol–water partition coefficient (Wildman–Crippen LogP) is 2.17. The number of nitrogens with zero attached hydrogens (tertiary/aromatic N) is 7. The predicted molar refractivity (Wildman–Crippen MR) is 102 cm³/mol. The van der Waals surface area contributed by atoms with E-state index in [1.807, 2.05) is 36.1 Å². The van der Waals surface area contributed by atoms with E-state index < -0.39 is 0 Å². The van der Waals surface area contributed by atoms with E-state index >= 15 is 0 Å². The molecule has 134 valence electrons. The largest absolute Gasteiger partial charge is 0.300 e. The molecule has 0 saturated carbocycles. The van der Waals surface area contributed by atoms with Crippen molar-refractivity contribution in [3.8, 4) is 17.1 Å². The van der Waals surface area contributed by atoms with E-state index in [4.69, 9.17) is 4.98 Å². The molecular formula is C18H14BrN7O. The molecule has 5 rings (SSSR count). The Morgan fingerprint density at radius 1 is 1.26 bits per heavy atom. The van der Waals surface area contributed by atoms with Crippen LogP contribution in [0, 0.1) is 6.92 Å². The van der Waals surface area contributed by atoms with E-state index in [1.54, 1.807) is 12.3 Å². The van der Waals surface area contributed by atoms with Crippen LogP contribution in [0.25, 0.3) is 17.1 Å². The third-order valence-corrected chi connectivity index (χ3v) is 5.12. The molecule has 1 aliphatic heterocycles. The topological polar surface area (TPSA) is 83.4 Å². The fourth-order valence-corrected chi connectivity index (χ4v) is 3.67. The van der Waals surface area contributed by atoms with Gasteiger partial charge in [-0.1, -0.05) is 15.9 Å². The summed E-state index contributed by atoms with van der Waals surface area (Å²) >= 11 is 3.55. The summed E-state index contributed by atoms with van der Waals surface area (Å²) in [5.41, 5.74) is 3.78. The standard InChI is InChI=1S/C18H14BrN7O/c1-11-15-8-26-18(13-7-12(19)4-5-14(13)24(15)10-20-11)22-16(23-26)9-25-17(27)3-2-6-21-25/h2-7,10H,8-9H2,1H3. The summed E-state index contributed by atoms with van der Waals surface area (Å²) in [7, 11) is 0. The average molecular weight is 424 g/mol. The number of halogens is 1. The summed E-state index contributed by atoms with van der Waals surface area (Å²) < 4.78 is 6.25. The Bertz CT molecular complexity index is 1240. The van der Waals surface area contributed by atoms with Gasteiger partial charge in [0.1, 0.15) is 6.54 Å². The molecule has 0 radical (unpaired) electrons. The van der Waals surface area contributed by atoms with Gasteiger partial charge in [0.2, 0.25) is 0 Å². The van der Waals surface area contributed by atoms with Crippen molar-refractivity contribution in [3.63, 3.8) is 0 Å². The van der Waals surface area contributed by atoms with Gasteiger partial charge in [-0.05, 0) is 31.2 Å². The lowest BCUT2D eigenvalue weighted by atomic mass is 10.1. The Morgan fingerprint density at radius 3 is 3.00 bits per heavy atom. The number of imidazole rings is 1. The molecule has 8 nitrogen and oxygen atoms in total. The van der Waals surface area contributed by atoms with Gasteiger partial charge in [-0.15, -0.1) is 0 Å². The van der Waals surface area contributed by atoms with Crippen LogP contribution in [0.5, 0.6) is 0 Å². The SMILES string of the molecule is Cc1ncn2c1Cn1nc(Cn3ncccc3=O)nc1-c1cc(Br)ccc1-2. The second-order valence-corrected chi connectivity index (χ2v) is 7.25. The lowest BCUT2D eigenvalue weighted by Gasteiger charge is -2.08. The highest BCUT2D eigenvalue weighted by Crippen LogP contribution is 2.33. The second kappa shape index (κ2) is 5.98. The zero-order valence-corrected chi connectivity index (χ0v) is 16.0. The second-order valence-electron chi connectivity index (χ2n) is 6.34. The van der Waals surface area contributed by atoms with Crippen molar-refractivity contribution < 1.29 is 0 Å². The molecule has 0 bridgehead atoms. The summed E-state index contributed by atoms with van der Waals surface area (Å²) in [6.45, 7) is 2.76. The van der Waals surface area contributed by atoms with Crippen molar-refractivity contribution in [1.29, 1.82) is 0 Å². The van der Waals surface area contributed by atoms with Crippen LogP contribution in [-0.2, 0) is 13.1 Å². The van der Waals surface area contributed by atoms with E-state index in [-0.39, 0.29) is 12.1 Å². The monoisotopic (exact) mass is 423 g/mol. The van der Waals surface area contributed by atoms with E-state index in [0.717, 1.165) is 32.9 Å². The Balaban J connectivity index is 1.68. The highest BCUT2D eigenvalue weighted by Gasteiger charge is 2.24. The normalized spacial score (nSPS) is 12.2. The molecule has 27 heavy (non-hydrogen) atoms. The quantitative estimate of drug-likeness (QED) is 0.434. The molecule has 0 N–H and O–H groups in total. The molecule has 1 aliphatic rings. The van der Waals surface area contributed by atoms with Crippen LogP contribution in [-0.4, -0.2) is 34.1 Å². The number of benzene rings is 1. The highest BCUT2D eigenvalue weighted by atomic mass is 79.9. The smallest absolute Gasteiger partial charge is 0.267 e. The van der Waals surface area contributed by atoms with Crippen molar-refractivity contribution in [2.45, 2.75) is 20.0 Å². The maximum atomic E-state index is 12.0. The van der Waals surface area contributed by atoms with Crippen LogP contribution in [0.1, 0.15) is 17.2 Å². The molecule has 4 heterocycles. The molecule has 4 aromatic rings. The first kappa shape index (κ1) is 16.1. The fraction of sp³-hybridized carbons (Fsp3) is 0.167. The van der Waals surface area contributed by atoms with Gasteiger partial charge in [0.25, 0.3) is 5.56 Å². The number of aromatic nitrogens is 7. The van der Waals surface area contributed by atoms with E-state index in [9.17, 15) is 4.79 Å². The highest BCUT2D eigenvalue weighted by molar-refractivity contribution is 9.10. The molecule has 0 amide bonds. The molecule has 0 aliphatic carbocycles. The Kier molecular flexibility index (Phi) is 3.57. The Labute approximate surface area is 162 Å². The summed E-state index contributed by atoms with van der Waals surface area (Å²) in [6, 6.07) is 9.15. The summed E-state index contributed by atoms with van der Waals surface area (Å²) in [4.78, 5) is 21.1. The van der Waals surface area contributed by atoms with E-state index in [1.165, 1.54) is 10.7 Å². The van der Waals surface area contributed by atoms with Gasteiger partial charge in [0.05, 0.1) is 29.9 Å². The lowest BCUT2D eigenvalue weighted by Crippen LogP contribution is -2.22. The molecule has 3 aromatic heterocycles. The summed E-state index contributed by atoms with van der Waals surface area (Å²) in [5, 5.41) is 8.74. The minimum absolute atomic E-state index is 0.181. The minimum atomic E-state index is -0.181. The van der Waals surface area contributed by atoms with Gasteiger partial charge in [0.15, 0.2) is 11.6 Å². The van der Waals surface area contributed by atoms with Crippen LogP contribution < -0.4 is 5.56 Å². The zero-order valence-electron chi connectivity index (χ0n) is 14.4. The minimum Gasteiger partial charge on any atom is -0.300 e. The van der Waals surface area contributed by atoms with Crippen molar-refractivity contribution in [2.75, 3.05) is 0 Å². The first-order chi connectivity index (χ1) is 13.1. The van der Waals surface area contributed by atoms with E-state index in [2.05, 4.69) is 35.7 Å². The van der Waals surface area contributed by atoms with Crippen LogP contribution in [0.4, 0.5) is 0 Å².